The molecule has 3 unspecified atom stereocenters. The number of allylic oxidation sites excluding steroid dienone is 1. The van der Waals surface area contributed by atoms with E-state index in [4.69, 9.17) is 9.47 Å². The standard InChI is InChI=1S/C29H44N2O6/c1-6-8-12-16-36-27(35)23-22-25(33)31(20(4)18-32)24(29(22)17-19(3)28(23,5)37-29)26(34)30(15-7-2)21-13-10-9-11-14-21/h6-7,19-24,32H,1-2,8-18H2,3-5H3/t19?,20-,22+,23+,24?,28-,29?/m1/s1. The molecule has 1 saturated carbocycles. The molecule has 1 aliphatic carbocycles. The van der Waals surface area contributed by atoms with E-state index in [0.717, 1.165) is 38.5 Å². The van der Waals surface area contributed by atoms with E-state index in [0.29, 0.717) is 19.4 Å². The molecule has 3 heterocycles. The van der Waals surface area contributed by atoms with E-state index >= 15 is 0 Å². The minimum absolute atomic E-state index is 0.0514. The molecule has 4 rings (SSSR count). The number of aliphatic hydroxyl groups excluding tert-OH is 1. The first kappa shape index (κ1) is 27.8. The zero-order valence-corrected chi connectivity index (χ0v) is 22.7. The van der Waals surface area contributed by atoms with Gasteiger partial charge in [-0.1, -0.05) is 38.3 Å². The van der Waals surface area contributed by atoms with Gasteiger partial charge in [-0.15, -0.1) is 13.2 Å². The van der Waals surface area contributed by atoms with Gasteiger partial charge in [0.25, 0.3) is 0 Å². The molecule has 7 atom stereocenters. The van der Waals surface area contributed by atoms with Gasteiger partial charge in [-0.25, -0.2) is 0 Å². The van der Waals surface area contributed by atoms with Crippen molar-refractivity contribution < 1.29 is 29.0 Å². The summed E-state index contributed by atoms with van der Waals surface area (Å²) in [4.78, 5) is 45.4. The van der Waals surface area contributed by atoms with Crippen LogP contribution in [0.1, 0.15) is 72.1 Å². The average Bonchev–Trinajstić information content (AvgIpc) is 3.41. The van der Waals surface area contributed by atoms with Crippen molar-refractivity contribution in [3.63, 3.8) is 0 Å². The van der Waals surface area contributed by atoms with Crippen LogP contribution in [-0.2, 0) is 23.9 Å². The quantitative estimate of drug-likeness (QED) is 0.257. The van der Waals surface area contributed by atoms with Crippen molar-refractivity contribution in [1.29, 1.82) is 0 Å². The number of carbonyl (C=O) groups excluding carboxylic acids is 3. The largest absolute Gasteiger partial charge is 0.465 e. The zero-order valence-electron chi connectivity index (χ0n) is 22.7. The molecular weight excluding hydrogens is 472 g/mol. The Bertz CT molecular complexity index is 916. The van der Waals surface area contributed by atoms with Gasteiger partial charge in [0.05, 0.1) is 30.8 Å². The number of unbranched alkanes of at least 4 members (excludes halogenated alkanes) is 1. The third kappa shape index (κ3) is 4.44. The Hall–Kier alpha value is -2.19. The van der Waals surface area contributed by atoms with Gasteiger partial charge in [0.15, 0.2) is 0 Å². The molecule has 0 aromatic rings. The van der Waals surface area contributed by atoms with Crippen LogP contribution >= 0.6 is 0 Å². The highest BCUT2D eigenvalue weighted by atomic mass is 16.6. The Labute approximate surface area is 221 Å². The predicted molar refractivity (Wildman–Crippen MR) is 139 cm³/mol. The summed E-state index contributed by atoms with van der Waals surface area (Å²) in [7, 11) is 0. The second kappa shape index (κ2) is 10.9. The number of aliphatic hydroxyl groups is 1. The van der Waals surface area contributed by atoms with Crippen LogP contribution in [0.5, 0.6) is 0 Å². The number of nitrogens with zero attached hydrogens (tertiary/aromatic N) is 2. The fourth-order valence-electron chi connectivity index (χ4n) is 7.47. The van der Waals surface area contributed by atoms with Crippen molar-refractivity contribution in [2.75, 3.05) is 19.8 Å². The SMILES string of the molecule is C=CCCCOC(=O)[C@@H]1[C@H]2C(=O)N([C@H](C)CO)C(C(=O)N(CC=C)C3CCCCC3)C23CC(C)[C@@]1(C)O3. The molecule has 206 valence electrons. The number of likely N-dealkylation sites (tertiary alicyclic amines) is 1. The highest BCUT2D eigenvalue weighted by Gasteiger charge is 2.80. The highest BCUT2D eigenvalue weighted by molar-refractivity contribution is 5.99. The zero-order chi connectivity index (χ0) is 27.0. The van der Waals surface area contributed by atoms with Crippen LogP contribution in [0.4, 0.5) is 0 Å². The van der Waals surface area contributed by atoms with Gasteiger partial charge in [0, 0.05) is 12.6 Å². The lowest BCUT2D eigenvalue weighted by Gasteiger charge is -2.42. The van der Waals surface area contributed by atoms with E-state index in [1.54, 1.807) is 19.1 Å². The summed E-state index contributed by atoms with van der Waals surface area (Å²) in [6.07, 6.45) is 10.5. The molecule has 0 radical (unpaired) electrons. The molecule has 3 saturated heterocycles. The van der Waals surface area contributed by atoms with Gasteiger partial charge >= 0.3 is 5.97 Å². The number of fused-ring (bicyclic) bond motifs is 1. The Kier molecular flexibility index (Phi) is 8.19. The summed E-state index contributed by atoms with van der Waals surface area (Å²) in [6, 6.07) is -1.42. The second-order valence-electron chi connectivity index (χ2n) is 11.7. The second-order valence-corrected chi connectivity index (χ2v) is 11.7. The first-order chi connectivity index (χ1) is 17.7. The number of ether oxygens (including phenoxy) is 2. The van der Waals surface area contributed by atoms with E-state index in [9.17, 15) is 19.5 Å². The first-order valence-electron chi connectivity index (χ1n) is 14.0. The van der Waals surface area contributed by atoms with Crippen molar-refractivity contribution in [3.05, 3.63) is 25.3 Å². The lowest BCUT2D eigenvalue weighted by atomic mass is 9.62. The summed E-state index contributed by atoms with van der Waals surface area (Å²) in [5.74, 6) is -2.59. The van der Waals surface area contributed by atoms with Crippen molar-refractivity contribution in [2.45, 2.75) is 101 Å². The summed E-state index contributed by atoms with van der Waals surface area (Å²) >= 11 is 0. The van der Waals surface area contributed by atoms with Gasteiger partial charge in [-0.2, -0.15) is 0 Å². The molecule has 3 aliphatic heterocycles. The topological polar surface area (TPSA) is 96.4 Å². The molecule has 1 spiro atoms. The van der Waals surface area contributed by atoms with Crippen molar-refractivity contribution in [2.24, 2.45) is 17.8 Å². The molecule has 1 N–H and O–H groups in total. The van der Waals surface area contributed by atoms with E-state index in [-0.39, 0.29) is 37.0 Å². The van der Waals surface area contributed by atoms with E-state index in [1.807, 2.05) is 18.7 Å². The van der Waals surface area contributed by atoms with Crippen molar-refractivity contribution in [1.82, 2.24) is 9.80 Å². The van der Waals surface area contributed by atoms with E-state index < -0.39 is 41.1 Å². The Morgan fingerprint density at radius 1 is 1.27 bits per heavy atom. The number of hydrogen-bond acceptors (Lipinski definition) is 6. The first-order valence-corrected chi connectivity index (χ1v) is 14.0. The number of hydrogen-bond donors (Lipinski definition) is 1. The third-order valence-corrected chi connectivity index (χ3v) is 9.40. The Balaban J connectivity index is 1.73. The molecular formula is C29H44N2O6. The highest BCUT2D eigenvalue weighted by Crippen LogP contribution is 2.65. The van der Waals surface area contributed by atoms with Gasteiger partial charge in [0.2, 0.25) is 11.8 Å². The Morgan fingerprint density at radius 3 is 2.59 bits per heavy atom. The minimum atomic E-state index is -1.13. The lowest BCUT2D eigenvalue weighted by Crippen LogP contribution is -2.60. The number of carbonyl (C=O) groups is 3. The van der Waals surface area contributed by atoms with Gasteiger partial charge in [0.1, 0.15) is 17.6 Å². The van der Waals surface area contributed by atoms with Gasteiger partial charge < -0.3 is 24.4 Å². The number of rotatable bonds is 11. The normalized spacial score (nSPS) is 35.8. The molecule has 4 aliphatic rings. The molecule has 2 bridgehead atoms. The van der Waals surface area contributed by atoms with Gasteiger partial charge in [-0.3, -0.25) is 14.4 Å². The molecule has 0 aromatic carbocycles. The van der Waals surface area contributed by atoms with Crippen LogP contribution in [0.25, 0.3) is 0 Å². The summed E-state index contributed by atoms with van der Waals surface area (Å²) in [5.41, 5.74) is -2.04. The van der Waals surface area contributed by atoms with E-state index in [2.05, 4.69) is 13.2 Å². The number of amides is 2. The monoisotopic (exact) mass is 516 g/mol. The molecule has 0 aromatic heterocycles. The van der Waals surface area contributed by atoms with Crippen molar-refractivity contribution in [3.8, 4) is 0 Å². The maximum absolute atomic E-state index is 14.5. The summed E-state index contributed by atoms with van der Waals surface area (Å²) in [6.45, 7) is 13.6. The third-order valence-electron chi connectivity index (χ3n) is 9.40. The smallest absolute Gasteiger partial charge is 0.312 e. The number of esters is 1. The van der Waals surface area contributed by atoms with Crippen LogP contribution in [0.2, 0.25) is 0 Å². The summed E-state index contributed by atoms with van der Waals surface area (Å²) < 4.78 is 12.4. The van der Waals surface area contributed by atoms with Crippen LogP contribution < -0.4 is 0 Å². The van der Waals surface area contributed by atoms with Crippen molar-refractivity contribution >= 4 is 17.8 Å². The molecule has 2 amide bonds. The van der Waals surface area contributed by atoms with Crippen LogP contribution in [0, 0.1) is 17.8 Å². The van der Waals surface area contributed by atoms with E-state index in [1.165, 1.54) is 4.90 Å². The lowest BCUT2D eigenvalue weighted by molar-refractivity contribution is -0.164. The van der Waals surface area contributed by atoms with Crippen LogP contribution in [-0.4, -0.2) is 81.8 Å². The maximum Gasteiger partial charge on any atom is 0.312 e. The van der Waals surface area contributed by atoms with Crippen LogP contribution in [0.3, 0.4) is 0 Å². The van der Waals surface area contributed by atoms with Crippen LogP contribution in [0.15, 0.2) is 25.3 Å². The Morgan fingerprint density at radius 2 is 1.97 bits per heavy atom. The maximum atomic E-state index is 14.5. The molecule has 4 fully saturated rings. The fraction of sp³-hybridized carbons (Fsp3) is 0.759. The molecule has 8 nitrogen and oxygen atoms in total. The summed E-state index contributed by atoms with van der Waals surface area (Å²) in [5, 5.41) is 10.1. The fourth-order valence-corrected chi connectivity index (χ4v) is 7.47. The molecule has 37 heavy (non-hydrogen) atoms. The molecule has 8 heteroatoms. The predicted octanol–water partition coefficient (Wildman–Crippen LogP) is 3.23. The minimum Gasteiger partial charge on any atom is -0.465 e. The average molecular weight is 517 g/mol. The van der Waals surface area contributed by atoms with Gasteiger partial charge in [-0.05, 0) is 51.9 Å².